The van der Waals surface area contributed by atoms with Crippen LogP contribution >= 0.6 is 34.5 Å². The minimum Gasteiger partial charge on any atom is -0.490 e. The van der Waals surface area contributed by atoms with Crippen LogP contribution in [0, 0.1) is 0 Å². The third-order valence-corrected chi connectivity index (χ3v) is 7.23. The molecule has 3 aromatic rings. The van der Waals surface area contributed by atoms with Crippen LogP contribution in [-0.2, 0) is 0 Å². The summed E-state index contributed by atoms with van der Waals surface area (Å²) in [4.78, 5) is 28.6. The van der Waals surface area contributed by atoms with E-state index in [1.54, 1.807) is 30.3 Å². The number of aromatic nitrogens is 1. The third-order valence-electron chi connectivity index (χ3n) is 5.64. The number of benzene rings is 2. The largest absolute Gasteiger partial charge is 0.490 e. The molecule has 1 atom stereocenters. The van der Waals surface area contributed by atoms with Gasteiger partial charge in [0.1, 0.15) is 11.9 Å². The minimum absolute atomic E-state index is 0.103. The molecule has 1 aliphatic heterocycles. The lowest BCUT2D eigenvalue weighted by molar-refractivity contribution is 0.0578. The Morgan fingerprint density at radius 1 is 1.21 bits per heavy atom. The van der Waals surface area contributed by atoms with Gasteiger partial charge in [-0.25, -0.2) is 0 Å². The number of amides is 1. The smallest absolute Gasteiger partial charge is 0.305 e. The number of halogens is 2. The van der Waals surface area contributed by atoms with Crippen molar-refractivity contribution in [3.63, 3.8) is 0 Å². The standard InChI is InChI=1S/C23H25Cl2N3O4S/c24-18-3-2-17(12-19(18)25)32-16-6-9-28(10-7-16)13-15(29)5-8-26-22(30)14-1-4-20-21(11-14)33-23(31)27-20/h1-4,11-12,15-16,29H,5-10,13H2,(H,26,30)(H,27,31). The molecule has 3 N–H and O–H groups in total. The number of aromatic amines is 1. The summed E-state index contributed by atoms with van der Waals surface area (Å²) >= 11 is 13.1. The number of carbonyl (C=O) groups excluding carboxylic acids is 1. The Hall–Kier alpha value is -2.10. The summed E-state index contributed by atoms with van der Waals surface area (Å²) in [5.74, 6) is 0.494. The van der Waals surface area contributed by atoms with E-state index in [2.05, 4.69) is 15.2 Å². The van der Waals surface area contributed by atoms with E-state index in [1.165, 1.54) is 0 Å². The lowest BCUT2D eigenvalue weighted by Gasteiger charge is -2.33. The van der Waals surface area contributed by atoms with E-state index in [0.717, 1.165) is 47.5 Å². The molecule has 176 valence electrons. The van der Waals surface area contributed by atoms with Gasteiger partial charge in [0.15, 0.2) is 0 Å². The highest BCUT2D eigenvalue weighted by Crippen LogP contribution is 2.28. The topological polar surface area (TPSA) is 94.7 Å². The Bertz CT molecular complexity index is 1170. The summed E-state index contributed by atoms with van der Waals surface area (Å²) in [5, 5.41) is 14.2. The number of aliphatic hydroxyl groups excluding tert-OH is 1. The van der Waals surface area contributed by atoms with Crippen LogP contribution in [0.4, 0.5) is 0 Å². The first-order chi connectivity index (χ1) is 15.9. The number of β-amino-alcohol motifs (C(OH)–C–C–N with tert-alkyl or cyclic N) is 1. The van der Waals surface area contributed by atoms with Crippen molar-refractivity contribution >= 4 is 50.7 Å². The molecular formula is C23H25Cl2N3O4S. The van der Waals surface area contributed by atoms with Gasteiger partial charge in [-0.05, 0) is 49.6 Å². The van der Waals surface area contributed by atoms with Gasteiger partial charge in [-0.2, -0.15) is 0 Å². The van der Waals surface area contributed by atoms with Crippen LogP contribution < -0.4 is 14.9 Å². The second-order valence-corrected chi connectivity index (χ2v) is 9.95. The van der Waals surface area contributed by atoms with Crippen LogP contribution in [-0.4, -0.2) is 59.3 Å². The maximum absolute atomic E-state index is 12.4. The summed E-state index contributed by atoms with van der Waals surface area (Å²) in [5.41, 5.74) is 1.22. The summed E-state index contributed by atoms with van der Waals surface area (Å²) in [6, 6.07) is 10.4. The van der Waals surface area contributed by atoms with Gasteiger partial charge in [-0.1, -0.05) is 34.5 Å². The average Bonchev–Trinajstić information content (AvgIpc) is 3.16. The zero-order valence-corrected chi connectivity index (χ0v) is 20.2. The molecule has 0 spiro atoms. The molecule has 1 amide bonds. The second kappa shape index (κ2) is 10.9. The van der Waals surface area contributed by atoms with Crippen molar-refractivity contribution in [2.24, 2.45) is 0 Å². The molecule has 1 unspecified atom stereocenters. The monoisotopic (exact) mass is 509 g/mol. The van der Waals surface area contributed by atoms with Crippen molar-refractivity contribution in [2.45, 2.75) is 31.5 Å². The zero-order valence-electron chi connectivity index (χ0n) is 17.9. The van der Waals surface area contributed by atoms with Crippen molar-refractivity contribution in [3.05, 3.63) is 61.7 Å². The molecule has 2 aromatic carbocycles. The maximum atomic E-state index is 12.4. The SMILES string of the molecule is O=C(NCCC(O)CN1CCC(Oc2ccc(Cl)c(Cl)c2)CC1)c1ccc2[nH]c(=O)sc2c1. The number of ether oxygens (including phenoxy) is 1. The zero-order chi connectivity index (χ0) is 23.4. The molecule has 1 aliphatic rings. The molecule has 1 aromatic heterocycles. The number of hydrogen-bond donors (Lipinski definition) is 3. The first-order valence-corrected chi connectivity index (χ1v) is 12.4. The summed E-state index contributed by atoms with van der Waals surface area (Å²) in [6.45, 7) is 2.58. The van der Waals surface area contributed by atoms with Crippen LogP contribution in [0.3, 0.4) is 0 Å². The predicted octanol–water partition coefficient (Wildman–Crippen LogP) is 3.92. The van der Waals surface area contributed by atoms with Gasteiger partial charge < -0.3 is 25.0 Å². The number of aliphatic hydroxyl groups is 1. The van der Waals surface area contributed by atoms with Gasteiger partial charge in [0, 0.05) is 37.8 Å². The molecule has 0 saturated carbocycles. The number of piperidine rings is 1. The van der Waals surface area contributed by atoms with E-state index in [-0.39, 0.29) is 16.9 Å². The fourth-order valence-corrected chi connectivity index (χ4v) is 4.95. The highest BCUT2D eigenvalue weighted by atomic mass is 35.5. The van der Waals surface area contributed by atoms with Crippen molar-refractivity contribution in [1.82, 2.24) is 15.2 Å². The van der Waals surface area contributed by atoms with Crippen LogP contribution in [0.1, 0.15) is 29.6 Å². The molecule has 4 rings (SSSR count). The summed E-state index contributed by atoms with van der Waals surface area (Å²) in [6.07, 6.45) is 1.75. The Kier molecular flexibility index (Phi) is 7.93. The molecule has 0 aliphatic carbocycles. The van der Waals surface area contributed by atoms with Gasteiger partial charge in [0.05, 0.1) is 26.4 Å². The Balaban J connectivity index is 1.16. The van der Waals surface area contributed by atoms with E-state index in [4.69, 9.17) is 27.9 Å². The van der Waals surface area contributed by atoms with Crippen LogP contribution in [0.5, 0.6) is 5.75 Å². The van der Waals surface area contributed by atoms with Crippen molar-refractivity contribution in [2.75, 3.05) is 26.2 Å². The number of nitrogens with zero attached hydrogens (tertiary/aromatic N) is 1. The van der Waals surface area contributed by atoms with E-state index >= 15 is 0 Å². The van der Waals surface area contributed by atoms with Gasteiger partial charge in [-0.15, -0.1) is 0 Å². The van der Waals surface area contributed by atoms with Crippen LogP contribution in [0.25, 0.3) is 10.2 Å². The number of carbonyl (C=O) groups is 1. The molecule has 0 radical (unpaired) electrons. The van der Waals surface area contributed by atoms with Gasteiger partial charge in [0.2, 0.25) is 0 Å². The number of hydrogen-bond acceptors (Lipinski definition) is 6. The van der Waals surface area contributed by atoms with Crippen molar-refractivity contribution in [3.8, 4) is 5.75 Å². The fourth-order valence-electron chi connectivity index (χ4n) is 3.88. The fraction of sp³-hybridized carbons (Fsp3) is 0.391. The second-order valence-electron chi connectivity index (χ2n) is 8.12. The van der Waals surface area contributed by atoms with Crippen LogP contribution in [0.15, 0.2) is 41.2 Å². The number of likely N-dealkylation sites (tertiary alicyclic amines) is 1. The lowest BCUT2D eigenvalue weighted by atomic mass is 10.1. The highest BCUT2D eigenvalue weighted by molar-refractivity contribution is 7.16. The molecule has 7 nitrogen and oxygen atoms in total. The van der Waals surface area contributed by atoms with Crippen molar-refractivity contribution in [1.29, 1.82) is 0 Å². The molecule has 10 heteroatoms. The van der Waals surface area contributed by atoms with Gasteiger partial charge >= 0.3 is 4.87 Å². The summed E-state index contributed by atoms with van der Waals surface area (Å²) < 4.78 is 6.76. The third kappa shape index (κ3) is 6.49. The quantitative estimate of drug-likeness (QED) is 0.427. The molecule has 33 heavy (non-hydrogen) atoms. The van der Waals surface area contributed by atoms with Gasteiger partial charge in [0.25, 0.3) is 5.91 Å². The van der Waals surface area contributed by atoms with Gasteiger partial charge in [-0.3, -0.25) is 9.59 Å². The molecule has 0 bridgehead atoms. The molecular weight excluding hydrogens is 485 g/mol. The van der Waals surface area contributed by atoms with E-state index < -0.39 is 6.10 Å². The Labute approximate surface area is 205 Å². The number of H-pyrrole nitrogens is 1. The minimum atomic E-state index is -0.532. The van der Waals surface area contributed by atoms with Crippen LogP contribution in [0.2, 0.25) is 10.0 Å². The van der Waals surface area contributed by atoms with E-state index in [9.17, 15) is 14.7 Å². The Morgan fingerprint density at radius 2 is 2.00 bits per heavy atom. The average molecular weight is 510 g/mol. The van der Waals surface area contributed by atoms with E-state index in [0.29, 0.717) is 40.9 Å². The van der Waals surface area contributed by atoms with E-state index in [1.807, 2.05) is 6.07 Å². The maximum Gasteiger partial charge on any atom is 0.305 e. The predicted molar refractivity (Wildman–Crippen MR) is 132 cm³/mol. The summed E-state index contributed by atoms with van der Waals surface area (Å²) in [7, 11) is 0. The number of nitrogens with one attached hydrogen (secondary N) is 2. The number of rotatable bonds is 8. The molecule has 1 saturated heterocycles. The lowest BCUT2D eigenvalue weighted by Crippen LogP contribution is -2.42. The highest BCUT2D eigenvalue weighted by Gasteiger charge is 2.22. The Morgan fingerprint density at radius 3 is 2.76 bits per heavy atom. The molecule has 2 heterocycles. The number of thiazole rings is 1. The normalized spacial score (nSPS) is 16.1. The van der Waals surface area contributed by atoms with Crippen molar-refractivity contribution < 1.29 is 14.6 Å². The first kappa shape index (κ1) is 24.0. The first-order valence-electron chi connectivity index (χ1n) is 10.8. The number of fused-ring (bicyclic) bond motifs is 1. The molecule has 1 fully saturated rings.